The molecule has 32 heavy (non-hydrogen) atoms. The van der Waals surface area contributed by atoms with Crippen molar-refractivity contribution < 1.29 is 19.1 Å². The normalized spacial score (nSPS) is 13.8. The van der Waals surface area contributed by atoms with Crippen LogP contribution in [0.5, 0.6) is 0 Å². The smallest absolute Gasteiger partial charge is 0.242 e. The molecule has 1 aromatic heterocycles. The summed E-state index contributed by atoms with van der Waals surface area (Å²) in [6, 6.07) is 14.7. The maximum Gasteiger partial charge on any atom is 0.242 e. The standard InChI is InChI=1S/C24H25N3O4S/c1-17(28)18-6-8-19(9-7-18)25-23(29)16-32-22-14-27(21-5-3-2-4-20(21)22)15-24(30)26-10-12-31-13-11-26/h2-9,14H,10-13,15-16H2,1H3,(H,25,29). The molecule has 2 amide bonds. The summed E-state index contributed by atoms with van der Waals surface area (Å²) in [7, 11) is 0. The minimum Gasteiger partial charge on any atom is -0.378 e. The fourth-order valence-corrected chi connectivity index (χ4v) is 4.53. The molecule has 1 aliphatic rings. The molecule has 0 atom stereocenters. The van der Waals surface area contributed by atoms with Crippen LogP contribution in [0.3, 0.4) is 0 Å². The number of benzene rings is 2. The van der Waals surface area contributed by atoms with Crippen LogP contribution in [0.1, 0.15) is 17.3 Å². The van der Waals surface area contributed by atoms with Crippen LogP contribution in [-0.2, 0) is 20.9 Å². The lowest BCUT2D eigenvalue weighted by molar-refractivity contribution is -0.135. The van der Waals surface area contributed by atoms with Crippen molar-refractivity contribution >= 4 is 45.9 Å². The van der Waals surface area contributed by atoms with Crippen molar-refractivity contribution in [3.05, 3.63) is 60.3 Å². The average Bonchev–Trinajstić information content (AvgIpc) is 3.16. The van der Waals surface area contributed by atoms with Gasteiger partial charge in [0.2, 0.25) is 11.8 Å². The third-order valence-electron chi connectivity index (χ3n) is 5.36. The number of fused-ring (bicyclic) bond motifs is 1. The minimum atomic E-state index is -0.133. The van der Waals surface area contributed by atoms with E-state index in [1.165, 1.54) is 18.7 Å². The number of nitrogens with one attached hydrogen (secondary N) is 1. The number of nitrogens with zero attached hydrogens (tertiary/aromatic N) is 2. The van der Waals surface area contributed by atoms with Crippen molar-refractivity contribution in [1.82, 2.24) is 9.47 Å². The molecule has 1 aliphatic heterocycles. The van der Waals surface area contributed by atoms with Crippen LogP contribution in [0.25, 0.3) is 10.9 Å². The number of thioether (sulfide) groups is 1. The Bertz CT molecular complexity index is 1130. The van der Waals surface area contributed by atoms with Gasteiger partial charge in [0.15, 0.2) is 5.78 Å². The number of hydrogen-bond acceptors (Lipinski definition) is 5. The van der Waals surface area contributed by atoms with E-state index in [-0.39, 0.29) is 29.9 Å². The van der Waals surface area contributed by atoms with Gasteiger partial charge in [-0.1, -0.05) is 18.2 Å². The second-order valence-electron chi connectivity index (χ2n) is 7.60. The van der Waals surface area contributed by atoms with E-state index >= 15 is 0 Å². The average molecular weight is 452 g/mol. The van der Waals surface area contributed by atoms with E-state index in [2.05, 4.69) is 5.32 Å². The first-order valence-corrected chi connectivity index (χ1v) is 11.5. The van der Waals surface area contributed by atoms with E-state index in [4.69, 9.17) is 4.74 Å². The van der Waals surface area contributed by atoms with Crippen molar-refractivity contribution in [3.8, 4) is 0 Å². The maximum absolute atomic E-state index is 12.7. The number of ketones is 1. The highest BCUT2D eigenvalue weighted by Gasteiger charge is 2.19. The van der Waals surface area contributed by atoms with Gasteiger partial charge >= 0.3 is 0 Å². The summed E-state index contributed by atoms with van der Waals surface area (Å²) in [6.07, 6.45) is 1.95. The molecule has 8 heteroatoms. The second-order valence-corrected chi connectivity index (χ2v) is 8.62. The Morgan fingerprint density at radius 3 is 2.47 bits per heavy atom. The Morgan fingerprint density at radius 1 is 1.03 bits per heavy atom. The fraction of sp³-hybridized carbons (Fsp3) is 0.292. The number of amides is 2. The number of carbonyl (C=O) groups is 3. The zero-order chi connectivity index (χ0) is 22.5. The molecular formula is C24H25N3O4S. The van der Waals surface area contributed by atoms with E-state index in [0.717, 1.165) is 15.8 Å². The van der Waals surface area contributed by atoms with Crippen molar-refractivity contribution in [2.24, 2.45) is 0 Å². The van der Waals surface area contributed by atoms with E-state index in [1.807, 2.05) is 39.9 Å². The number of rotatable bonds is 7. The largest absolute Gasteiger partial charge is 0.378 e. The molecule has 0 unspecified atom stereocenters. The summed E-state index contributed by atoms with van der Waals surface area (Å²) in [5, 5.41) is 3.88. The Kier molecular flexibility index (Phi) is 6.92. The first kappa shape index (κ1) is 22.1. The predicted octanol–water partition coefficient (Wildman–Crippen LogP) is 3.43. The molecule has 166 valence electrons. The minimum absolute atomic E-state index is 0.0121. The zero-order valence-electron chi connectivity index (χ0n) is 17.9. The van der Waals surface area contributed by atoms with Gasteiger partial charge in [-0.2, -0.15) is 0 Å². The van der Waals surface area contributed by atoms with E-state index < -0.39 is 0 Å². The van der Waals surface area contributed by atoms with Gasteiger partial charge in [0.1, 0.15) is 6.54 Å². The van der Waals surface area contributed by atoms with Gasteiger partial charge in [0.05, 0.1) is 19.0 Å². The van der Waals surface area contributed by atoms with Gasteiger partial charge in [-0.05, 0) is 37.3 Å². The molecule has 1 fully saturated rings. The summed E-state index contributed by atoms with van der Waals surface area (Å²) in [5.41, 5.74) is 2.23. The summed E-state index contributed by atoms with van der Waals surface area (Å²) >= 11 is 1.44. The van der Waals surface area contributed by atoms with Crippen molar-refractivity contribution in [1.29, 1.82) is 0 Å². The number of para-hydroxylation sites is 1. The SMILES string of the molecule is CC(=O)c1ccc(NC(=O)CSc2cn(CC(=O)N3CCOCC3)c3ccccc23)cc1. The molecular weight excluding hydrogens is 426 g/mol. The number of ether oxygens (including phenoxy) is 1. The van der Waals surface area contributed by atoms with Gasteiger partial charge in [0.25, 0.3) is 0 Å². The number of aromatic nitrogens is 1. The molecule has 0 spiro atoms. The Balaban J connectivity index is 1.42. The summed E-state index contributed by atoms with van der Waals surface area (Å²) in [6.45, 7) is 4.16. The Morgan fingerprint density at radius 2 is 1.75 bits per heavy atom. The molecule has 2 heterocycles. The quantitative estimate of drug-likeness (QED) is 0.440. The van der Waals surface area contributed by atoms with Crippen LogP contribution < -0.4 is 5.32 Å². The number of morpholine rings is 1. The fourth-order valence-electron chi connectivity index (χ4n) is 3.65. The first-order chi connectivity index (χ1) is 15.5. The van der Waals surface area contributed by atoms with Crippen molar-refractivity contribution in [2.45, 2.75) is 18.4 Å². The highest BCUT2D eigenvalue weighted by molar-refractivity contribution is 8.00. The lowest BCUT2D eigenvalue weighted by Crippen LogP contribution is -2.42. The zero-order valence-corrected chi connectivity index (χ0v) is 18.7. The van der Waals surface area contributed by atoms with Gasteiger partial charge in [-0.15, -0.1) is 11.8 Å². The third-order valence-corrected chi connectivity index (χ3v) is 6.40. The van der Waals surface area contributed by atoms with Gasteiger partial charge < -0.3 is 19.5 Å². The molecule has 0 bridgehead atoms. The van der Waals surface area contributed by atoms with Gasteiger partial charge in [0, 0.05) is 46.3 Å². The van der Waals surface area contributed by atoms with E-state index in [0.29, 0.717) is 37.6 Å². The lowest BCUT2D eigenvalue weighted by Gasteiger charge is -2.27. The highest BCUT2D eigenvalue weighted by atomic mass is 32.2. The molecule has 0 saturated carbocycles. The van der Waals surface area contributed by atoms with Crippen molar-refractivity contribution in [2.75, 3.05) is 37.4 Å². The van der Waals surface area contributed by atoms with E-state index in [1.54, 1.807) is 24.3 Å². The van der Waals surface area contributed by atoms with Crippen LogP contribution in [0, 0.1) is 0 Å². The van der Waals surface area contributed by atoms with Crippen molar-refractivity contribution in [3.63, 3.8) is 0 Å². The molecule has 3 aromatic rings. The van der Waals surface area contributed by atoms with Crippen LogP contribution in [0.4, 0.5) is 5.69 Å². The van der Waals surface area contributed by atoms with Crippen LogP contribution in [0.15, 0.2) is 59.6 Å². The third kappa shape index (κ3) is 5.20. The number of carbonyl (C=O) groups excluding carboxylic acids is 3. The van der Waals surface area contributed by atoms with E-state index in [9.17, 15) is 14.4 Å². The summed E-state index contributed by atoms with van der Waals surface area (Å²) in [4.78, 5) is 39.3. The Hall–Kier alpha value is -3.10. The second kappa shape index (κ2) is 10.0. The maximum atomic E-state index is 12.7. The molecule has 1 saturated heterocycles. The molecule has 1 N–H and O–H groups in total. The monoisotopic (exact) mass is 451 g/mol. The first-order valence-electron chi connectivity index (χ1n) is 10.5. The van der Waals surface area contributed by atoms with Crippen LogP contribution >= 0.6 is 11.8 Å². The number of anilines is 1. The van der Waals surface area contributed by atoms with Crippen LogP contribution in [0.2, 0.25) is 0 Å². The number of hydrogen-bond donors (Lipinski definition) is 1. The van der Waals surface area contributed by atoms with Crippen LogP contribution in [-0.4, -0.2) is 59.1 Å². The lowest BCUT2D eigenvalue weighted by atomic mass is 10.1. The summed E-state index contributed by atoms with van der Waals surface area (Å²) < 4.78 is 7.28. The van der Waals surface area contributed by atoms with Gasteiger partial charge in [-0.25, -0.2) is 0 Å². The summed E-state index contributed by atoms with van der Waals surface area (Å²) in [5.74, 6) is 0.158. The molecule has 7 nitrogen and oxygen atoms in total. The molecule has 0 radical (unpaired) electrons. The molecule has 0 aliphatic carbocycles. The topological polar surface area (TPSA) is 80.6 Å². The highest BCUT2D eigenvalue weighted by Crippen LogP contribution is 2.30. The Labute approximate surface area is 190 Å². The predicted molar refractivity (Wildman–Crippen MR) is 125 cm³/mol. The number of Topliss-reactive ketones (excluding diaryl/α,β-unsaturated/α-hetero) is 1. The van der Waals surface area contributed by atoms with Gasteiger partial charge in [-0.3, -0.25) is 14.4 Å². The molecule has 4 rings (SSSR count). The molecule has 2 aromatic carbocycles.